The van der Waals surface area contributed by atoms with Gasteiger partial charge in [0.25, 0.3) is 0 Å². The van der Waals surface area contributed by atoms with Crippen LogP contribution in [0, 0.1) is 6.92 Å². The number of allylic oxidation sites excluding steroid dienone is 1. The van der Waals surface area contributed by atoms with Crippen molar-refractivity contribution >= 4 is 35.3 Å². The van der Waals surface area contributed by atoms with Crippen molar-refractivity contribution in [2.75, 3.05) is 25.3 Å². The van der Waals surface area contributed by atoms with Crippen molar-refractivity contribution in [1.82, 2.24) is 14.8 Å². The molecule has 1 N–H and O–H groups in total. The summed E-state index contributed by atoms with van der Waals surface area (Å²) >= 11 is 1.16. The molecule has 0 radical (unpaired) electrons. The van der Waals surface area contributed by atoms with Gasteiger partial charge < -0.3 is 19.5 Å². The van der Waals surface area contributed by atoms with Crippen LogP contribution < -0.4 is 10.1 Å². The molecule has 36 heavy (non-hydrogen) atoms. The van der Waals surface area contributed by atoms with Crippen molar-refractivity contribution in [2.24, 2.45) is 0 Å². The van der Waals surface area contributed by atoms with Gasteiger partial charge in [-0.3, -0.25) is 9.36 Å². The molecule has 2 aromatic carbocycles. The van der Waals surface area contributed by atoms with Gasteiger partial charge in [0.1, 0.15) is 12.4 Å². The van der Waals surface area contributed by atoms with Crippen molar-refractivity contribution in [2.45, 2.75) is 25.2 Å². The highest BCUT2D eigenvalue weighted by Gasteiger charge is 2.19. The van der Waals surface area contributed by atoms with E-state index in [0.29, 0.717) is 17.5 Å². The molecule has 188 valence electrons. The molecule has 0 bridgehead atoms. The molecule has 1 amide bonds. The summed E-state index contributed by atoms with van der Waals surface area (Å²) in [6.07, 6.45) is 1.70. The molecule has 0 spiro atoms. The number of methoxy groups -OCH3 is 2. The highest BCUT2D eigenvalue weighted by molar-refractivity contribution is 7.99. The van der Waals surface area contributed by atoms with Gasteiger partial charge in [0.15, 0.2) is 11.0 Å². The fraction of sp³-hybridized carbons (Fsp3) is 0.240. The Kier molecular flexibility index (Phi) is 9.23. The van der Waals surface area contributed by atoms with Gasteiger partial charge in [0.2, 0.25) is 5.91 Å². The third-order valence-electron chi connectivity index (χ3n) is 5.01. The number of carbonyl (C=O) groups excluding carboxylic acids is 3. The molecule has 3 aromatic rings. The Hall–Kier alpha value is -4.12. The monoisotopic (exact) mass is 510 g/mol. The third-order valence-corrected chi connectivity index (χ3v) is 5.97. The number of carbonyl (C=O) groups is 3. The molecule has 1 aromatic heterocycles. The van der Waals surface area contributed by atoms with Crippen LogP contribution in [0.5, 0.6) is 5.75 Å². The van der Waals surface area contributed by atoms with Gasteiger partial charge in [-0.15, -0.1) is 16.8 Å². The van der Waals surface area contributed by atoms with Gasteiger partial charge in [-0.25, -0.2) is 9.59 Å². The topological polar surface area (TPSA) is 122 Å². The second-order valence-corrected chi connectivity index (χ2v) is 8.38. The lowest BCUT2D eigenvalue weighted by Gasteiger charge is -2.12. The predicted molar refractivity (Wildman–Crippen MR) is 134 cm³/mol. The van der Waals surface area contributed by atoms with Crippen LogP contribution in [0.25, 0.3) is 0 Å². The first-order chi connectivity index (χ1) is 17.4. The van der Waals surface area contributed by atoms with Crippen molar-refractivity contribution in [1.29, 1.82) is 0 Å². The first-order valence-electron chi connectivity index (χ1n) is 10.8. The number of thioether (sulfide) groups is 1. The van der Waals surface area contributed by atoms with E-state index >= 15 is 0 Å². The molecule has 0 aliphatic carbocycles. The normalized spacial score (nSPS) is 10.4. The van der Waals surface area contributed by atoms with E-state index in [9.17, 15) is 14.4 Å². The Morgan fingerprint density at radius 1 is 1.08 bits per heavy atom. The maximum atomic E-state index is 12.7. The van der Waals surface area contributed by atoms with E-state index in [2.05, 4.69) is 22.1 Å². The summed E-state index contributed by atoms with van der Waals surface area (Å²) in [5, 5.41) is 11.6. The number of ether oxygens (including phenoxy) is 3. The summed E-state index contributed by atoms with van der Waals surface area (Å²) in [6, 6.07) is 11.8. The lowest BCUT2D eigenvalue weighted by atomic mass is 10.1. The molecule has 0 aliphatic heterocycles. The molecular formula is C25H26N4O6S. The summed E-state index contributed by atoms with van der Waals surface area (Å²) < 4.78 is 17.2. The summed E-state index contributed by atoms with van der Waals surface area (Å²) in [4.78, 5) is 36.7. The first-order valence-corrected chi connectivity index (χ1v) is 11.8. The lowest BCUT2D eigenvalue weighted by Crippen LogP contribution is -2.18. The van der Waals surface area contributed by atoms with E-state index < -0.39 is 17.8 Å². The van der Waals surface area contributed by atoms with Crippen LogP contribution in [0.15, 0.2) is 60.3 Å². The lowest BCUT2D eigenvalue weighted by molar-refractivity contribution is -0.113. The summed E-state index contributed by atoms with van der Waals surface area (Å²) in [7, 11) is 2.47. The molecule has 0 aliphatic rings. The molecule has 10 nitrogen and oxygen atoms in total. The molecule has 0 atom stereocenters. The Morgan fingerprint density at radius 3 is 2.53 bits per heavy atom. The standard InChI is InChI=1S/C25H26N4O6S/c1-5-12-29-21(14-35-20-9-7-6-8-16(20)2)27-28-25(29)36-15-22(30)26-19-13-17(23(31)33-3)10-11-18(19)24(32)34-4/h5-11,13H,1,12,14-15H2,2-4H3,(H,26,30). The van der Waals surface area contributed by atoms with Crippen molar-refractivity contribution in [3.63, 3.8) is 0 Å². The summed E-state index contributed by atoms with van der Waals surface area (Å²) in [5.74, 6) is -0.378. The number of nitrogens with zero attached hydrogens (tertiary/aromatic N) is 3. The van der Waals surface area contributed by atoms with Gasteiger partial charge in [0, 0.05) is 6.54 Å². The molecule has 0 saturated heterocycles. The number of hydrogen-bond acceptors (Lipinski definition) is 9. The molecule has 0 fully saturated rings. The van der Waals surface area contributed by atoms with E-state index in [-0.39, 0.29) is 29.2 Å². The fourth-order valence-corrected chi connectivity index (χ4v) is 3.97. The second-order valence-electron chi connectivity index (χ2n) is 7.43. The molecule has 3 rings (SSSR count). The van der Waals surface area contributed by atoms with E-state index in [1.165, 1.54) is 32.4 Å². The largest absolute Gasteiger partial charge is 0.485 e. The zero-order valence-corrected chi connectivity index (χ0v) is 21.0. The third kappa shape index (κ3) is 6.51. The van der Waals surface area contributed by atoms with Gasteiger partial charge in [0.05, 0.1) is 36.8 Å². The van der Waals surface area contributed by atoms with E-state index in [4.69, 9.17) is 14.2 Å². The number of aromatic nitrogens is 3. The number of esters is 2. The molecule has 11 heteroatoms. The van der Waals surface area contributed by atoms with Gasteiger partial charge in [-0.2, -0.15) is 0 Å². The van der Waals surface area contributed by atoms with E-state index in [1.54, 1.807) is 10.6 Å². The van der Waals surface area contributed by atoms with Crippen LogP contribution in [-0.4, -0.2) is 52.6 Å². The number of para-hydroxylation sites is 1. The maximum Gasteiger partial charge on any atom is 0.339 e. The number of nitrogens with one attached hydrogen (secondary N) is 1. The smallest absolute Gasteiger partial charge is 0.339 e. The minimum absolute atomic E-state index is 0.0308. The number of aryl methyl sites for hydroxylation is 1. The number of rotatable bonds is 11. The van der Waals surface area contributed by atoms with Gasteiger partial charge >= 0.3 is 11.9 Å². The van der Waals surface area contributed by atoms with E-state index in [0.717, 1.165) is 23.1 Å². The minimum Gasteiger partial charge on any atom is -0.485 e. The van der Waals surface area contributed by atoms with Crippen molar-refractivity contribution in [3.05, 3.63) is 77.6 Å². The summed E-state index contributed by atoms with van der Waals surface area (Å²) in [5.41, 5.74) is 1.42. The second kappa shape index (κ2) is 12.5. The zero-order valence-electron chi connectivity index (χ0n) is 20.1. The van der Waals surface area contributed by atoms with Crippen LogP contribution in [0.2, 0.25) is 0 Å². The minimum atomic E-state index is -0.654. The van der Waals surface area contributed by atoms with E-state index in [1.807, 2.05) is 31.2 Å². The zero-order chi connectivity index (χ0) is 26.1. The Labute approximate surface area is 212 Å². The van der Waals surface area contributed by atoms with Crippen molar-refractivity contribution in [3.8, 4) is 5.75 Å². The van der Waals surface area contributed by atoms with Crippen LogP contribution in [0.3, 0.4) is 0 Å². The highest BCUT2D eigenvalue weighted by atomic mass is 32.2. The van der Waals surface area contributed by atoms with Crippen LogP contribution >= 0.6 is 11.8 Å². The van der Waals surface area contributed by atoms with Crippen LogP contribution in [-0.2, 0) is 27.4 Å². The Balaban J connectivity index is 1.71. The van der Waals surface area contributed by atoms with Crippen LogP contribution in [0.1, 0.15) is 32.1 Å². The van der Waals surface area contributed by atoms with Gasteiger partial charge in [-0.05, 0) is 36.8 Å². The maximum absolute atomic E-state index is 12.7. The fourth-order valence-electron chi connectivity index (χ4n) is 3.20. The number of anilines is 1. The molecule has 0 unspecified atom stereocenters. The predicted octanol–water partition coefficient (Wildman–Crippen LogP) is 3.66. The SMILES string of the molecule is C=CCn1c(COc2ccccc2C)nnc1SCC(=O)Nc1cc(C(=O)OC)ccc1C(=O)OC. The van der Waals surface area contributed by atoms with Gasteiger partial charge in [-0.1, -0.05) is 36.0 Å². The molecule has 1 heterocycles. The highest BCUT2D eigenvalue weighted by Crippen LogP contribution is 2.23. The van der Waals surface area contributed by atoms with Crippen LogP contribution in [0.4, 0.5) is 5.69 Å². The number of benzene rings is 2. The quantitative estimate of drug-likeness (QED) is 0.234. The molecule has 0 saturated carbocycles. The average Bonchev–Trinajstić information content (AvgIpc) is 3.27. The first kappa shape index (κ1) is 26.5. The summed E-state index contributed by atoms with van der Waals surface area (Å²) in [6.45, 7) is 6.36. The number of hydrogen-bond donors (Lipinski definition) is 1. The Morgan fingerprint density at radius 2 is 1.83 bits per heavy atom. The van der Waals surface area contributed by atoms with Crippen molar-refractivity contribution < 1.29 is 28.6 Å². The Bertz CT molecular complexity index is 1270. The molecular weight excluding hydrogens is 484 g/mol. The number of amides is 1. The average molecular weight is 511 g/mol.